The molecule has 7 amide bonds. The van der Waals surface area contributed by atoms with Crippen molar-refractivity contribution in [2.45, 2.75) is 97.3 Å². The molecule has 1 unspecified atom stereocenters. The third-order valence-electron chi connectivity index (χ3n) is 12.3. The van der Waals surface area contributed by atoms with Crippen LogP contribution < -0.4 is 26.6 Å². The minimum atomic E-state index is -1.00. The highest BCUT2D eigenvalue weighted by molar-refractivity contribution is 6.38. The molecule has 0 aromatic heterocycles. The molecule has 6 atom stereocenters. The molecule has 2 saturated carbocycles. The monoisotopic (exact) mass is 731 g/mol. The van der Waals surface area contributed by atoms with E-state index in [4.69, 9.17) is 0 Å². The van der Waals surface area contributed by atoms with Gasteiger partial charge in [-0.25, -0.2) is 9.59 Å². The number of hydrogen-bond acceptors (Lipinski definition) is 6. The number of likely N-dealkylation sites (tertiary alicyclic amines) is 1. The zero-order chi connectivity index (χ0) is 38.2. The third kappa shape index (κ3) is 8.38. The van der Waals surface area contributed by atoms with E-state index in [1.807, 2.05) is 45.0 Å². The summed E-state index contributed by atoms with van der Waals surface area (Å²) in [5.41, 5.74) is 1.65. The molecule has 53 heavy (non-hydrogen) atoms. The van der Waals surface area contributed by atoms with Crippen LogP contribution in [0.25, 0.3) is 0 Å². The minimum Gasteiger partial charge on any atom is -0.346 e. The van der Waals surface area contributed by atoms with Gasteiger partial charge in [0.1, 0.15) is 12.1 Å². The first-order chi connectivity index (χ1) is 25.1. The van der Waals surface area contributed by atoms with E-state index < -0.39 is 53.2 Å². The predicted octanol–water partition coefficient (Wildman–Crippen LogP) is 2.54. The number of ketones is 1. The normalized spacial score (nSPS) is 24.8. The van der Waals surface area contributed by atoms with Crippen LogP contribution in [0.3, 0.4) is 0 Å². The van der Waals surface area contributed by atoms with Crippen LogP contribution in [0.2, 0.25) is 0 Å². The molecule has 0 spiro atoms. The Kier molecular flexibility index (Phi) is 10.9. The average molecular weight is 732 g/mol. The lowest BCUT2D eigenvalue weighted by molar-refractivity contribution is -0.144. The number of nitrogens with zero attached hydrogens (tertiary/aromatic N) is 2. The van der Waals surface area contributed by atoms with E-state index in [9.17, 15) is 28.8 Å². The summed E-state index contributed by atoms with van der Waals surface area (Å²) in [7, 11) is 0. The molecule has 13 nitrogen and oxygen atoms in total. The smallest absolute Gasteiger partial charge is 0.317 e. The molecule has 2 saturated heterocycles. The SMILES string of the molecule is C=CCNC(=O)C(=O)C(CC1CC1)NC(=O)[C@@H]1[C@@H]2[C@H](CN1C(=O)[C@@H](NC(=O)N[C@H](CN1CCCNC1=O)C(C)(C)C)C1Cc3ccccc3C1)C2(C)C. The molecule has 13 heteroatoms. The molecule has 0 bridgehead atoms. The summed E-state index contributed by atoms with van der Waals surface area (Å²) in [5, 5.41) is 14.5. The number of hydrogen-bond donors (Lipinski definition) is 5. The summed E-state index contributed by atoms with van der Waals surface area (Å²) in [6.45, 7) is 15.8. The number of fused-ring (bicyclic) bond motifs is 2. The maximum absolute atomic E-state index is 14.9. The maximum atomic E-state index is 14.9. The van der Waals surface area contributed by atoms with Gasteiger partial charge in [-0.2, -0.15) is 0 Å². The lowest BCUT2D eigenvalue weighted by Gasteiger charge is -2.38. The quantitative estimate of drug-likeness (QED) is 0.146. The molecule has 1 aromatic carbocycles. The predicted molar refractivity (Wildman–Crippen MR) is 199 cm³/mol. The van der Waals surface area contributed by atoms with Crippen LogP contribution in [0.5, 0.6) is 0 Å². The topological polar surface area (TPSA) is 169 Å². The average Bonchev–Trinajstić information content (AvgIpc) is 3.87. The van der Waals surface area contributed by atoms with Crippen LogP contribution in [-0.2, 0) is 32.0 Å². The van der Waals surface area contributed by atoms with E-state index in [2.05, 4.69) is 47.0 Å². The largest absolute Gasteiger partial charge is 0.346 e. The number of carbonyl (C=O) groups excluding carboxylic acids is 6. The Hall–Kier alpha value is -4.42. The van der Waals surface area contributed by atoms with Gasteiger partial charge in [0.15, 0.2) is 0 Å². The second-order valence-electron chi connectivity index (χ2n) is 17.5. The van der Waals surface area contributed by atoms with Crippen molar-refractivity contribution in [1.82, 2.24) is 36.4 Å². The molecule has 2 aliphatic heterocycles. The fourth-order valence-corrected chi connectivity index (χ4v) is 8.74. The van der Waals surface area contributed by atoms with Crippen LogP contribution >= 0.6 is 0 Å². The van der Waals surface area contributed by atoms with Crippen LogP contribution in [0.4, 0.5) is 9.59 Å². The minimum absolute atomic E-state index is 0.0758. The summed E-state index contributed by atoms with van der Waals surface area (Å²) < 4.78 is 0. The fourth-order valence-electron chi connectivity index (χ4n) is 8.74. The van der Waals surface area contributed by atoms with Crippen molar-refractivity contribution < 1.29 is 28.8 Å². The van der Waals surface area contributed by atoms with E-state index in [0.29, 0.717) is 45.4 Å². The summed E-state index contributed by atoms with van der Waals surface area (Å²) in [4.78, 5) is 85.1. The lowest BCUT2D eigenvalue weighted by Crippen LogP contribution is -2.62. The molecule has 3 aliphatic carbocycles. The van der Waals surface area contributed by atoms with Gasteiger partial charge in [0.2, 0.25) is 17.6 Å². The standard InChI is InChI=1S/C40H57N7O6/c1-7-15-41-35(50)33(48)28(18-23-13-14-23)43-34(49)32-30-27(40(30,5)6)21-47(32)36(51)31(26-19-24-11-8-9-12-25(24)20-26)45-37(52)44-29(39(2,3)4)22-46-17-10-16-42-38(46)53/h7-9,11-12,23,26-32H,1,10,13-22H2,2-6H3,(H,41,50)(H,42,53)(H,43,49)(H2,44,45,52)/t27-,28?,29+,30-,31-,32-/m0/s1. The number of amides is 7. The van der Waals surface area contributed by atoms with Gasteiger partial charge in [-0.05, 0) is 71.3 Å². The highest BCUT2D eigenvalue weighted by Gasteiger charge is 2.70. The summed E-state index contributed by atoms with van der Waals surface area (Å²) in [6.07, 6.45) is 5.70. The lowest BCUT2D eigenvalue weighted by atomic mass is 9.86. The number of rotatable bonds is 14. The molecular formula is C40H57N7O6. The van der Waals surface area contributed by atoms with Gasteiger partial charge >= 0.3 is 12.1 Å². The molecular weight excluding hydrogens is 674 g/mol. The van der Waals surface area contributed by atoms with Gasteiger partial charge < -0.3 is 36.4 Å². The zero-order valence-corrected chi connectivity index (χ0v) is 31.8. The first kappa shape index (κ1) is 38.3. The van der Waals surface area contributed by atoms with Gasteiger partial charge in [-0.3, -0.25) is 19.2 Å². The van der Waals surface area contributed by atoms with Crippen LogP contribution in [0.15, 0.2) is 36.9 Å². The first-order valence-electron chi connectivity index (χ1n) is 19.3. The maximum Gasteiger partial charge on any atom is 0.317 e. The fraction of sp³-hybridized carbons (Fsp3) is 0.650. The molecule has 2 heterocycles. The van der Waals surface area contributed by atoms with Crippen molar-refractivity contribution in [2.24, 2.45) is 34.5 Å². The number of nitrogens with one attached hydrogen (secondary N) is 5. The van der Waals surface area contributed by atoms with Crippen LogP contribution in [0.1, 0.15) is 71.4 Å². The molecule has 4 fully saturated rings. The number of benzene rings is 1. The Morgan fingerprint density at radius 1 is 1.04 bits per heavy atom. The Labute approximate surface area is 312 Å². The van der Waals surface area contributed by atoms with Gasteiger partial charge in [-0.15, -0.1) is 6.58 Å². The highest BCUT2D eigenvalue weighted by atomic mass is 16.2. The van der Waals surface area contributed by atoms with Crippen molar-refractivity contribution in [2.75, 3.05) is 32.7 Å². The summed E-state index contributed by atoms with van der Waals surface area (Å²) in [5.74, 6) is -2.32. The number of carbonyl (C=O) groups is 6. The second kappa shape index (κ2) is 15.1. The van der Waals surface area contributed by atoms with Crippen LogP contribution in [-0.4, -0.2) is 102 Å². The molecule has 5 N–H and O–H groups in total. The number of piperidine rings is 1. The molecule has 6 rings (SSSR count). The van der Waals surface area contributed by atoms with Crippen molar-refractivity contribution in [3.63, 3.8) is 0 Å². The highest BCUT2D eigenvalue weighted by Crippen LogP contribution is 2.65. The van der Waals surface area contributed by atoms with Crippen molar-refractivity contribution in [1.29, 1.82) is 0 Å². The van der Waals surface area contributed by atoms with Gasteiger partial charge in [0, 0.05) is 32.7 Å². The molecule has 288 valence electrons. The number of Topliss-reactive ketones (excluding diaryl/α,β-unsaturated/α-hetero) is 1. The summed E-state index contributed by atoms with van der Waals surface area (Å²) in [6, 6.07) is 4.14. The van der Waals surface area contributed by atoms with Gasteiger partial charge in [0.25, 0.3) is 5.91 Å². The van der Waals surface area contributed by atoms with Crippen LogP contribution in [0, 0.1) is 34.5 Å². The van der Waals surface area contributed by atoms with Gasteiger partial charge in [-0.1, -0.05) is 77.8 Å². The summed E-state index contributed by atoms with van der Waals surface area (Å²) >= 11 is 0. The van der Waals surface area contributed by atoms with Crippen molar-refractivity contribution >= 4 is 35.6 Å². The van der Waals surface area contributed by atoms with Gasteiger partial charge in [0.05, 0.1) is 12.1 Å². The molecule has 5 aliphatic rings. The van der Waals surface area contributed by atoms with E-state index >= 15 is 0 Å². The first-order valence-corrected chi connectivity index (χ1v) is 19.3. The molecule has 0 radical (unpaired) electrons. The Bertz CT molecular complexity index is 1610. The van der Waals surface area contributed by atoms with Crippen molar-refractivity contribution in [3.8, 4) is 0 Å². The van der Waals surface area contributed by atoms with E-state index in [-0.39, 0.29) is 47.6 Å². The zero-order valence-electron chi connectivity index (χ0n) is 31.8. The third-order valence-corrected chi connectivity index (χ3v) is 12.3. The van der Waals surface area contributed by atoms with E-state index in [1.165, 1.54) is 6.08 Å². The van der Waals surface area contributed by atoms with E-state index in [1.54, 1.807) is 9.80 Å². The Morgan fingerprint density at radius 3 is 2.32 bits per heavy atom. The van der Waals surface area contributed by atoms with Crippen molar-refractivity contribution in [3.05, 3.63) is 48.0 Å². The molecule has 1 aromatic rings. The number of urea groups is 2. The van der Waals surface area contributed by atoms with E-state index in [0.717, 1.165) is 30.4 Å². The Balaban J connectivity index is 1.23. The second-order valence-corrected chi connectivity index (χ2v) is 17.5. The Morgan fingerprint density at radius 2 is 1.72 bits per heavy atom.